The number of hydrogen-bond acceptors (Lipinski definition) is 7. The number of rotatable bonds is 9. The van der Waals surface area contributed by atoms with Crippen LogP contribution in [-0.2, 0) is 14.3 Å². The minimum Gasteiger partial charge on any atom is -0.507 e. The third kappa shape index (κ3) is 5.76. The van der Waals surface area contributed by atoms with Gasteiger partial charge in [-0.2, -0.15) is 0 Å². The molecule has 4 atom stereocenters. The zero-order valence-electron chi connectivity index (χ0n) is 23.9. The number of nitrogens with zero attached hydrogens (tertiary/aromatic N) is 1. The Morgan fingerprint density at radius 3 is 2.53 bits per heavy atom. The molecule has 2 fully saturated rings. The molecule has 2 heterocycles. The van der Waals surface area contributed by atoms with E-state index in [0.29, 0.717) is 31.7 Å². The number of benzene rings is 3. The van der Waals surface area contributed by atoms with Crippen molar-refractivity contribution in [1.82, 2.24) is 0 Å². The third-order valence-corrected chi connectivity index (χ3v) is 8.73. The molecule has 3 N–H and O–H groups in total. The monoisotopic (exact) mass is 579 g/mol. The van der Waals surface area contributed by atoms with Crippen molar-refractivity contribution in [2.45, 2.75) is 32.3 Å². The second-order valence-electron chi connectivity index (χ2n) is 11.5. The van der Waals surface area contributed by atoms with Gasteiger partial charge in [-0.25, -0.2) is 0 Å². The van der Waals surface area contributed by atoms with E-state index < -0.39 is 19.0 Å². The fourth-order valence-electron chi connectivity index (χ4n) is 6.68. The summed E-state index contributed by atoms with van der Waals surface area (Å²) in [4.78, 5) is 28.9. The number of phenolic OH excluding ortho intramolecular Hbond substituents is 1. The van der Waals surface area contributed by atoms with Gasteiger partial charge in [-0.05, 0) is 73.1 Å². The summed E-state index contributed by atoms with van der Waals surface area (Å²) in [7, 11) is -1.71. The van der Waals surface area contributed by atoms with E-state index in [1.165, 1.54) is 17.0 Å². The van der Waals surface area contributed by atoms with E-state index in [4.69, 9.17) is 9.47 Å². The molecular formula is C34H34BNO7. The molecule has 0 unspecified atom stereocenters. The number of amides is 2. The zero-order chi connectivity index (χ0) is 30.1. The van der Waals surface area contributed by atoms with Gasteiger partial charge in [0, 0.05) is 11.5 Å². The van der Waals surface area contributed by atoms with Crippen molar-refractivity contribution in [3.63, 3.8) is 0 Å². The highest BCUT2D eigenvalue weighted by molar-refractivity contribution is 6.58. The minimum atomic E-state index is -1.71. The van der Waals surface area contributed by atoms with E-state index in [2.05, 4.69) is 0 Å². The Balaban J connectivity index is 1.28. The van der Waals surface area contributed by atoms with Crippen LogP contribution in [-0.4, -0.2) is 53.4 Å². The molecule has 3 aromatic carbocycles. The van der Waals surface area contributed by atoms with Crippen LogP contribution >= 0.6 is 0 Å². The number of fused-ring (bicyclic) bond motifs is 3. The Labute approximate surface area is 251 Å². The molecule has 1 aliphatic carbocycles. The molecule has 0 spiro atoms. The Morgan fingerprint density at radius 2 is 1.77 bits per heavy atom. The molecule has 8 nitrogen and oxygen atoms in total. The Bertz CT molecular complexity index is 1580. The van der Waals surface area contributed by atoms with Crippen LogP contribution in [0.3, 0.4) is 0 Å². The number of hydrogen-bond donors (Lipinski definition) is 3. The number of carbonyl (C=O) groups excluding carboxylic acids is 2. The van der Waals surface area contributed by atoms with E-state index in [9.17, 15) is 24.7 Å². The maximum absolute atomic E-state index is 13.9. The fourth-order valence-corrected chi connectivity index (χ4v) is 6.68. The van der Waals surface area contributed by atoms with Crippen molar-refractivity contribution in [1.29, 1.82) is 0 Å². The predicted octanol–water partition coefficient (Wildman–Crippen LogP) is 3.86. The van der Waals surface area contributed by atoms with Crippen LogP contribution in [0.15, 0.2) is 95.6 Å². The minimum absolute atomic E-state index is 0.209. The number of carbonyl (C=O) groups is 2. The summed E-state index contributed by atoms with van der Waals surface area (Å²) in [5.41, 5.74) is 4.43. The van der Waals surface area contributed by atoms with Gasteiger partial charge in [-0.3, -0.25) is 14.5 Å². The quantitative estimate of drug-likeness (QED) is 0.200. The van der Waals surface area contributed by atoms with Gasteiger partial charge < -0.3 is 24.6 Å². The summed E-state index contributed by atoms with van der Waals surface area (Å²) in [6.45, 7) is 2.65. The second-order valence-corrected chi connectivity index (χ2v) is 11.5. The number of imide groups is 1. The largest absolute Gasteiger partial charge is 0.507 e. The van der Waals surface area contributed by atoms with Crippen LogP contribution in [0.1, 0.15) is 31.7 Å². The standard InChI is InChI=1S/C34H34BNO7/c1-21(16-22-8-5-6-13-29(22)37)14-15-30-31-23(19-42-26-11-3-2-4-12-26)17-27-32(28(31)20-43-30)34(39)36(33(27)38)25-10-7-9-24(18-25)35(40)41/h2-13,16,18,27-28,30,32,37,40-41H,14-15,17,19-20H2,1H3/b21-16+/t27-,28+,30-,32-/m1/s1. The third-order valence-electron chi connectivity index (χ3n) is 8.73. The average molecular weight is 579 g/mol. The van der Waals surface area contributed by atoms with E-state index in [1.807, 2.05) is 55.5 Å². The SMILES string of the molecule is C/C(=C\c1ccccc1O)CC[C@H]1OC[C@H]2C1=C(COc1ccccc1)C[C@H]1C(=O)N(c3cccc(B(O)O)c3)C(=O)[C@H]12. The van der Waals surface area contributed by atoms with Gasteiger partial charge in [0.15, 0.2) is 0 Å². The first-order chi connectivity index (χ1) is 20.8. The first-order valence-corrected chi connectivity index (χ1v) is 14.6. The molecular weight excluding hydrogens is 545 g/mol. The highest BCUT2D eigenvalue weighted by atomic mass is 16.5. The predicted molar refractivity (Wildman–Crippen MR) is 164 cm³/mol. The van der Waals surface area contributed by atoms with Gasteiger partial charge in [-0.1, -0.05) is 60.2 Å². The van der Waals surface area contributed by atoms with Gasteiger partial charge >= 0.3 is 7.12 Å². The smallest absolute Gasteiger partial charge is 0.488 e. The highest BCUT2D eigenvalue weighted by Gasteiger charge is 2.57. The summed E-state index contributed by atoms with van der Waals surface area (Å²) in [6, 6.07) is 23.0. The van der Waals surface area contributed by atoms with E-state index in [0.717, 1.165) is 34.5 Å². The van der Waals surface area contributed by atoms with Crippen LogP contribution in [0.5, 0.6) is 11.5 Å². The summed E-state index contributed by atoms with van der Waals surface area (Å²) in [6.07, 6.45) is 3.56. The maximum Gasteiger partial charge on any atom is 0.488 e. The molecule has 3 aliphatic rings. The summed E-state index contributed by atoms with van der Waals surface area (Å²) >= 11 is 0. The number of allylic oxidation sites excluding steroid dienone is 1. The summed E-state index contributed by atoms with van der Waals surface area (Å²) in [5, 5.41) is 29.5. The topological polar surface area (TPSA) is 117 Å². The molecule has 3 aromatic rings. The van der Waals surface area contributed by atoms with Crippen molar-refractivity contribution in [3.05, 3.63) is 101 Å². The van der Waals surface area contributed by atoms with Crippen LogP contribution in [0, 0.1) is 17.8 Å². The van der Waals surface area contributed by atoms with Crippen LogP contribution in [0.25, 0.3) is 6.08 Å². The average Bonchev–Trinajstić information content (AvgIpc) is 3.54. The van der Waals surface area contributed by atoms with Crippen molar-refractivity contribution in [2.75, 3.05) is 18.1 Å². The van der Waals surface area contributed by atoms with Crippen LogP contribution in [0.4, 0.5) is 5.69 Å². The lowest BCUT2D eigenvalue weighted by atomic mass is 9.69. The maximum atomic E-state index is 13.9. The van der Waals surface area contributed by atoms with Gasteiger partial charge in [0.1, 0.15) is 18.1 Å². The molecule has 0 radical (unpaired) electrons. The van der Waals surface area contributed by atoms with E-state index in [1.54, 1.807) is 24.3 Å². The summed E-state index contributed by atoms with van der Waals surface area (Å²) < 4.78 is 12.5. The lowest BCUT2D eigenvalue weighted by Gasteiger charge is -2.31. The van der Waals surface area contributed by atoms with Crippen molar-refractivity contribution in [2.24, 2.45) is 17.8 Å². The van der Waals surface area contributed by atoms with Gasteiger partial charge in [0.05, 0.1) is 30.2 Å². The zero-order valence-corrected chi connectivity index (χ0v) is 23.9. The molecule has 2 saturated heterocycles. The molecule has 2 aliphatic heterocycles. The second kappa shape index (κ2) is 12.2. The van der Waals surface area contributed by atoms with Gasteiger partial charge in [-0.15, -0.1) is 0 Å². The van der Waals surface area contributed by atoms with Crippen molar-refractivity contribution >= 4 is 36.2 Å². The normalized spacial score (nSPS) is 23.4. The fraction of sp³-hybridized carbons (Fsp3) is 0.294. The molecule has 220 valence electrons. The molecule has 2 amide bonds. The number of anilines is 1. The molecule has 9 heteroatoms. The lowest BCUT2D eigenvalue weighted by molar-refractivity contribution is -0.122. The molecule has 0 aromatic heterocycles. The van der Waals surface area contributed by atoms with Crippen molar-refractivity contribution < 1.29 is 34.2 Å². The molecule has 0 saturated carbocycles. The van der Waals surface area contributed by atoms with Crippen molar-refractivity contribution in [3.8, 4) is 11.5 Å². The Hall–Kier alpha value is -4.18. The van der Waals surface area contributed by atoms with Gasteiger partial charge in [0.25, 0.3) is 0 Å². The molecule has 43 heavy (non-hydrogen) atoms. The van der Waals surface area contributed by atoms with Crippen LogP contribution < -0.4 is 15.1 Å². The first-order valence-electron chi connectivity index (χ1n) is 14.6. The number of ether oxygens (including phenoxy) is 2. The number of aromatic hydroxyl groups is 1. The summed E-state index contributed by atoms with van der Waals surface area (Å²) in [5.74, 6) is -0.995. The first kappa shape index (κ1) is 28.9. The lowest BCUT2D eigenvalue weighted by Crippen LogP contribution is -2.36. The number of phenols is 1. The van der Waals surface area contributed by atoms with Gasteiger partial charge in [0.2, 0.25) is 11.8 Å². The highest BCUT2D eigenvalue weighted by Crippen LogP contribution is 2.50. The van der Waals surface area contributed by atoms with E-state index >= 15 is 0 Å². The van der Waals surface area contributed by atoms with Crippen LogP contribution in [0.2, 0.25) is 0 Å². The van der Waals surface area contributed by atoms with E-state index in [-0.39, 0.29) is 35.0 Å². The number of para-hydroxylation sites is 2. The molecule has 6 rings (SSSR count). The Morgan fingerprint density at radius 1 is 1.00 bits per heavy atom. The Kier molecular flexibility index (Phi) is 8.21. The molecule has 0 bridgehead atoms.